The molecule has 1 atom stereocenters. The molecule has 1 aromatic heterocycles. The highest BCUT2D eigenvalue weighted by Crippen LogP contribution is 2.37. The Morgan fingerprint density at radius 3 is 2.18 bits per heavy atom. The predicted octanol–water partition coefficient (Wildman–Crippen LogP) is 4.22. The fraction of sp³-hybridized carbons (Fsp3) is 0.667. The van der Waals surface area contributed by atoms with Crippen molar-refractivity contribution in [2.75, 3.05) is 0 Å². The third-order valence-corrected chi connectivity index (χ3v) is 3.12. The summed E-state index contributed by atoms with van der Waals surface area (Å²) in [6, 6.07) is 0. The summed E-state index contributed by atoms with van der Waals surface area (Å²) in [5, 5.41) is 9.77. The van der Waals surface area contributed by atoms with Crippen LogP contribution in [0.15, 0.2) is 12.2 Å². The quantitative estimate of drug-likeness (QED) is 0.831. The molecule has 22 heavy (non-hydrogen) atoms. The Kier molecular flexibility index (Phi) is 7.91. The molecule has 0 saturated carbocycles. The van der Waals surface area contributed by atoms with Gasteiger partial charge in [0.25, 0.3) is 0 Å². The van der Waals surface area contributed by atoms with Crippen LogP contribution in [0.4, 0.5) is 0 Å². The number of aryl methyl sites for hydroxylation is 2. The van der Waals surface area contributed by atoms with Gasteiger partial charge in [0.15, 0.2) is 0 Å². The van der Waals surface area contributed by atoms with E-state index >= 15 is 0 Å². The number of aromatic nitrogens is 2. The second kappa shape index (κ2) is 8.39. The molecule has 0 radical (unpaired) electrons. The number of ether oxygens (including phenoxy) is 1. The van der Waals surface area contributed by atoms with Crippen LogP contribution in [0.2, 0.25) is 0 Å². The van der Waals surface area contributed by atoms with Crippen LogP contribution in [0.25, 0.3) is 0 Å². The van der Waals surface area contributed by atoms with E-state index in [0.717, 1.165) is 22.8 Å². The van der Waals surface area contributed by atoms with Crippen molar-refractivity contribution in [2.24, 2.45) is 0 Å². The second-order valence-corrected chi connectivity index (χ2v) is 5.57. The molecule has 0 aliphatic carbocycles. The van der Waals surface area contributed by atoms with Crippen molar-refractivity contribution in [3.63, 3.8) is 0 Å². The highest BCUT2D eigenvalue weighted by molar-refractivity contribution is 5.35. The first kappa shape index (κ1) is 20.7. The first-order valence-corrected chi connectivity index (χ1v) is 8.13. The van der Waals surface area contributed by atoms with Crippen molar-refractivity contribution >= 4 is 0 Å². The number of fused-ring (bicyclic) bond motifs is 1. The van der Waals surface area contributed by atoms with Gasteiger partial charge in [-0.2, -0.15) is 0 Å². The number of aliphatic hydroxyl groups is 1. The number of nitrogens with zero attached hydrogens (tertiary/aromatic N) is 2. The van der Waals surface area contributed by atoms with Crippen LogP contribution < -0.4 is 0 Å². The topological polar surface area (TPSA) is 55.2 Å². The molecule has 0 saturated heterocycles. The van der Waals surface area contributed by atoms with Gasteiger partial charge in [-0.3, -0.25) is 0 Å². The molecule has 4 nitrogen and oxygen atoms in total. The standard InChI is InChI=1S/C14H20N2O2.2C2H6/c1-9-11-8-18-14(5,7-6-13(3,4)17)12(11)16-10(2)15-9;2*1-2/h6-7,17H,8H2,1-5H3;2*1-2H3. The van der Waals surface area contributed by atoms with Gasteiger partial charge in [0, 0.05) is 11.3 Å². The van der Waals surface area contributed by atoms with Crippen molar-refractivity contribution < 1.29 is 9.84 Å². The highest BCUT2D eigenvalue weighted by atomic mass is 16.5. The summed E-state index contributed by atoms with van der Waals surface area (Å²) in [4.78, 5) is 8.85. The van der Waals surface area contributed by atoms with Crippen LogP contribution in [0.5, 0.6) is 0 Å². The van der Waals surface area contributed by atoms with Crippen LogP contribution in [0, 0.1) is 13.8 Å². The fourth-order valence-corrected chi connectivity index (χ4v) is 2.10. The number of hydrogen-bond acceptors (Lipinski definition) is 4. The van der Waals surface area contributed by atoms with Crippen LogP contribution in [0.3, 0.4) is 0 Å². The Bertz CT molecular complexity index is 505. The predicted molar refractivity (Wildman–Crippen MR) is 91.8 cm³/mol. The van der Waals surface area contributed by atoms with Gasteiger partial charge in [-0.1, -0.05) is 33.8 Å². The molecule has 126 valence electrons. The lowest BCUT2D eigenvalue weighted by atomic mass is 9.96. The van der Waals surface area contributed by atoms with Gasteiger partial charge in [-0.15, -0.1) is 0 Å². The van der Waals surface area contributed by atoms with E-state index in [-0.39, 0.29) is 0 Å². The maximum atomic E-state index is 9.77. The molecule has 2 rings (SSSR count). The minimum Gasteiger partial charge on any atom is -0.386 e. The van der Waals surface area contributed by atoms with Gasteiger partial charge in [0.2, 0.25) is 0 Å². The zero-order valence-corrected chi connectivity index (χ0v) is 15.6. The molecule has 1 unspecified atom stereocenters. The zero-order valence-electron chi connectivity index (χ0n) is 15.6. The van der Waals surface area contributed by atoms with Crippen LogP contribution in [-0.2, 0) is 16.9 Å². The summed E-state index contributed by atoms with van der Waals surface area (Å²) in [6.07, 6.45) is 3.62. The molecule has 0 fully saturated rings. The normalized spacial score (nSPS) is 19.9. The van der Waals surface area contributed by atoms with Crippen molar-refractivity contribution in [2.45, 2.75) is 80.1 Å². The fourth-order valence-electron chi connectivity index (χ4n) is 2.10. The Balaban J connectivity index is 0.00000102. The van der Waals surface area contributed by atoms with Crippen LogP contribution in [0.1, 0.15) is 71.2 Å². The van der Waals surface area contributed by atoms with Gasteiger partial charge in [0.05, 0.1) is 17.9 Å². The first-order valence-electron chi connectivity index (χ1n) is 8.13. The summed E-state index contributed by atoms with van der Waals surface area (Å²) in [7, 11) is 0. The summed E-state index contributed by atoms with van der Waals surface area (Å²) in [6.45, 7) is 17.8. The molecule has 0 aromatic carbocycles. The Labute approximate surface area is 135 Å². The Morgan fingerprint density at radius 2 is 1.68 bits per heavy atom. The maximum absolute atomic E-state index is 9.77. The van der Waals surface area contributed by atoms with Crippen LogP contribution in [-0.4, -0.2) is 20.7 Å². The minimum absolute atomic E-state index is 0.522. The van der Waals surface area contributed by atoms with E-state index in [2.05, 4.69) is 9.97 Å². The lowest BCUT2D eigenvalue weighted by Crippen LogP contribution is -2.22. The Hall–Kier alpha value is -1.26. The van der Waals surface area contributed by atoms with Crippen LogP contribution >= 0.6 is 0 Å². The van der Waals surface area contributed by atoms with Crippen molar-refractivity contribution in [3.8, 4) is 0 Å². The molecule has 1 aromatic rings. The average molecular weight is 308 g/mol. The molecule has 2 heterocycles. The molecular formula is C18H32N2O2. The lowest BCUT2D eigenvalue weighted by molar-refractivity contribution is 0.0118. The lowest BCUT2D eigenvalue weighted by Gasteiger charge is -2.21. The smallest absolute Gasteiger partial charge is 0.126 e. The molecular weight excluding hydrogens is 276 g/mol. The molecule has 0 bridgehead atoms. The Morgan fingerprint density at radius 1 is 1.14 bits per heavy atom. The van der Waals surface area contributed by atoms with E-state index in [1.54, 1.807) is 19.9 Å². The van der Waals surface area contributed by atoms with Crippen molar-refractivity contribution in [3.05, 3.63) is 34.9 Å². The average Bonchev–Trinajstić information content (AvgIpc) is 2.79. The summed E-state index contributed by atoms with van der Waals surface area (Å²) >= 11 is 0. The van der Waals surface area contributed by atoms with Gasteiger partial charge in [-0.05, 0) is 40.7 Å². The monoisotopic (exact) mass is 308 g/mol. The number of hydrogen-bond donors (Lipinski definition) is 1. The summed E-state index contributed by atoms with van der Waals surface area (Å²) < 4.78 is 5.84. The van der Waals surface area contributed by atoms with E-state index in [1.165, 1.54) is 0 Å². The zero-order chi connectivity index (χ0) is 17.6. The highest BCUT2D eigenvalue weighted by Gasteiger charge is 2.37. The third kappa shape index (κ3) is 5.18. The molecule has 1 N–H and O–H groups in total. The third-order valence-electron chi connectivity index (χ3n) is 3.12. The van der Waals surface area contributed by atoms with Crippen molar-refractivity contribution in [1.82, 2.24) is 9.97 Å². The van der Waals surface area contributed by atoms with E-state index in [0.29, 0.717) is 6.61 Å². The van der Waals surface area contributed by atoms with E-state index in [4.69, 9.17) is 4.74 Å². The molecule has 4 heteroatoms. The maximum Gasteiger partial charge on any atom is 0.126 e. The SMILES string of the molecule is CC.CC.Cc1nc(C)c2c(n1)C(C)(C=CC(C)(C)O)OC2. The first-order chi connectivity index (χ1) is 10.2. The molecule has 0 amide bonds. The van der Waals surface area contributed by atoms with E-state index in [9.17, 15) is 5.11 Å². The van der Waals surface area contributed by atoms with Crippen molar-refractivity contribution in [1.29, 1.82) is 0 Å². The van der Waals surface area contributed by atoms with E-state index in [1.807, 2.05) is 54.5 Å². The largest absolute Gasteiger partial charge is 0.386 e. The van der Waals surface area contributed by atoms with Gasteiger partial charge >= 0.3 is 0 Å². The molecule has 1 aliphatic heterocycles. The summed E-state index contributed by atoms with van der Waals surface area (Å²) in [5.74, 6) is 0.750. The van der Waals surface area contributed by atoms with Gasteiger partial charge < -0.3 is 9.84 Å². The second-order valence-electron chi connectivity index (χ2n) is 5.57. The number of rotatable bonds is 2. The summed E-state index contributed by atoms with van der Waals surface area (Å²) in [5.41, 5.74) is 1.51. The molecule has 0 spiro atoms. The van der Waals surface area contributed by atoms with E-state index < -0.39 is 11.2 Å². The van der Waals surface area contributed by atoms with Gasteiger partial charge in [0.1, 0.15) is 11.4 Å². The minimum atomic E-state index is -0.855. The molecule has 1 aliphatic rings. The van der Waals surface area contributed by atoms with Gasteiger partial charge in [-0.25, -0.2) is 9.97 Å².